The third kappa shape index (κ3) is 10.8. The summed E-state index contributed by atoms with van der Waals surface area (Å²) in [6.07, 6.45) is 0.618. The maximum absolute atomic E-state index is 14.3. The highest BCUT2D eigenvalue weighted by molar-refractivity contribution is 6.39. The molecule has 2 bridgehead atoms. The molecule has 0 aromatic carbocycles. The zero-order valence-corrected chi connectivity index (χ0v) is 35.4. The van der Waals surface area contributed by atoms with E-state index in [9.17, 15) is 39.6 Å². The summed E-state index contributed by atoms with van der Waals surface area (Å²) < 4.78 is 29.6. The zero-order valence-electron chi connectivity index (χ0n) is 35.4. The van der Waals surface area contributed by atoms with Crippen LogP contribution in [0.4, 0.5) is 0 Å². The Labute approximate surface area is 338 Å². The number of rotatable bonds is 6. The highest BCUT2D eigenvalue weighted by Gasteiger charge is 2.56. The van der Waals surface area contributed by atoms with Crippen molar-refractivity contribution in [2.45, 2.75) is 166 Å². The predicted octanol–water partition coefficient (Wildman–Crippen LogP) is 3.44. The van der Waals surface area contributed by atoms with Gasteiger partial charge < -0.3 is 49.0 Å². The number of Topliss-reactive ketones (excluding diaryl/α,β-unsaturated/α-hetero) is 2. The van der Waals surface area contributed by atoms with E-state index in [2.05, 4.69) is 0 Å². The average molecular weight is 808 g/mol. The quantitative estimate of drug-likeness (QED) is 0.173. The Kier molecular flexibility index (Phi) is 17.0. The molecule has 4 aliphatic rings. The molecule has 0 spiro atoms. The minimum absolute atomic E-state index is 0.0255. The van der Waals surface area contributed by atoms with Gasteiger partial charge in [-0.25, -0.2) is 4.79 Å². The van der Waals surface area contributed by atoms with E-state index < -0.39 is 95.9 Å². The lowest BCUT2D eigenvalue weighted by Gasteiger charge is -2.47. The van der Waals surface area contributed by atoms with Gasteiger partial charge in [0.2, 0.25) is 5.79 Å². The smallest absolute Gasteiger partial charge is 0.329 e. The van der Waals surface area contributed by atoms with Crippen LogP contribution in [0.1, 0.15) is 106 Å². The number of esters is 1. The molecule has 324 valence electrons. The summed E-state index contributed by atoms with van der Waals surface area (Å²) in [5.41, 5.74) is 1.19. The lowest BCUT2D eigenvalue weighted by molar-refractivity contribution is -0.302. The molecule has 3 aliphatic heterocycles. The molecule has 2 saturated heterocycles. The molecule has 14 nitrogen and oxygen atoms in total. The van der Waals surface area contributed by atoms with Crippen molar-refractivity contribution in [2.75, 3.05) is 27.9 Å². The van der Waals surface area contributed by atoms with Gasteiger partial charge in [-0.2, -0.15) is 0 Å². The van der Waals surface area contributed by atoms with Crippen LogP contribution in [-0.2, 0) is 42.9 Å². The third-order valence-electron chi connectivity index (χ3n) is 13.2. The maximum Gasteiger partial charge on any atom is 0.329 e. The number of aliphatic hydroxyl groups is 4. The van der Waals surface area contributed by atoms with Crippen molar-refractivity contribution in [2.24, 2.45) is 29.6 Å². The molecule has 4 rings (SSSR count). The fourth-order valence-electron chi connectivity index (χ4n) is 9.31. The van der Waals surface area contributed by atoms with Gasteiger partial charge in [0.15, 0.2) is 0 Å². The number of piperidine rings is 1. The molecule has 1 amide bonds. The molecule has 0 aromatic heterocycles. The lowest BCUT2D eigenvalue weighted by Crippen LogP contribution is -2.64. The van der Waals surface area contributed by atoms with Crippen molar-refractivity contribution >= 4 is 23.4 Å². The fourth-order valence-corrected chi connectivity index (χ4v) is 9.31. The molecule has 0 unspecified atom stereocenters. The van der Waals surface area contributed by atoms with Crippen LogP contribution in [0.3, 0.4) is 0 Å². The van der Waals surface area contributed by atoms with Crippen LogP contribution in [0.5, 0.6) is 0 Å². The van der Waals surface area contributed by atoms with Gasteiger partial charge in [0, 0.05) is 52.0 Å². The molecule has 3 heterocycles. The summed E-state index contributed by atoms with van der Waals surface area (Å²) in [7, 11) is 4.49. The van der Waals surface area contributed by atoms with E-state index in [0.717, 1.165) is 4.90 Å². The van der Waals surface area contributed by atoms with Gasteiger partial charge in [-0.1, -0.05) is 39.8 Å². The molecule has 15 atom stereocenters. The van der Waals surface area contributed by atoms with E-state index in [1.807, 2.05) is 19.9 Å². The van der Waals surface area contributed by atoms with E-state index in [4.69, 9.17) is 23.7 Å². The van der Waals surface area contributed by atoms with E-state index >= 15 is 0 Å². The van der Waals surface area contributed by atoms with E-state index in [1.165, 1.54) is 14.2 Å². The van der Waals surface area contributed by atoms with Crippen LogP contribution in [-0.4, -0.2) is 137 Å². The second-order valence-electron chi connectivity index (χ2n) is 17.2. The van der Waals surface area contributed by atoms with Gasteiger partial charge in [-0.15, -0.1) is 0 Å². The Morgan fingerprint density at radius 2 is 1.56 bits per heavy atom. The van der Waals surface area contributed by atoms with Gasteiger partial charge in [-0.05, 0) is 94.6 Å². The Balaban J connectivity index is 1.79. The van der Waals surface area contributed by atoms with E-state index in [1.54, 1.807) is 40.9 Å². The second-order valence-corrected chi connectivity index (χ2v) is 17.2. The monoisotopic (exact) mass is 807 g/mol. The Morgan fingerprint density at radius 3 is 2.19 bits per heavy atom. The molecule has 4 N–H and O–H groups in total. The van der Waals surface area contributed by atoms with Crippen LogP contribution >= 0.6 is 0 Å². The molecule has 1 saturated carbocycles. The SMILES string of the molecule is CC[C@@H]1/C=C(/C)[C@@H](O)[C@@H](C)C[C@H](OC)[C@H]2O[C@@](O)(C(=O)C(=O)N3CCCC[C@H]3C(=O)O[C@H](/C(C)=C/[C@@H]3CC[C@@H](O)[C@H](OC)C3)[C@H](C)[C@@H](O)CC1=O)[C@H](C)C[C@@H]2OC. The predicted molar refractivity (Wildman–Crippen MR) is 209 cm³/mol. The number of aliphatic hydroxyl groups excluding tert-OH is 3. The highest BCUT2D eigenvalue weighted by Crippen LogP contribution is 2.39. The molecule has 14 heteroatoms. The highest BCUT2D eigenvalue weighted by atomic mass is 16.7. The van der Waals surface area contributed by atoms with Gasteiger partial charge >= 0.3 is 5.97 Å². The first-order valence-corrected chi connectivity index (χ1v) is 20.9. The number of ether oxygens (including phenoxy) is 5. The minimum Gasteiger partial charge on any atom is -0.456 e. The van der Waals surface area contributed by atoms with Crippen molar-refractivity contribution < 1.29 is 63.3 Å². The Bertz CT molecular complexity index is 1470. The number of fused-ring (bicyclic) bond motifs is 3. The van der Waals surface area contributed by atoms with Crippen LogP contribution in [0.25, 0.3) is 0 Å². The third-order valence-corrected chi connectivity index (χ3v) is 13.2. The first kappa shape index (κ1) is 47.1. The zero-order chi connectivity index (χ0) is 42.4. The van der Waals surface area contributed by atoms with Crippen molar-refractivity contribution in [1.29, 1.82) is 0 Å². The lowest BCUT2D eigenvalue weighted by atomic mass is 9.81. The number of carbonyl (C=O) groups excluding carboxylic acids is 4. The number of allylic oxidation sites excluding steroid dienone is 2. The standard InChI is InChI=1S/C43H69NO13/c1-10-29-18-23(2)37(48)24(3)19-35(54-8)39-36(55-9)20-26(5)43(52,57-39)40(49)41(50)44-16-12-11-13-30(44)42(51)56-38(27(6)32(46)22-33(29)47)25(4)17-28-14-15-31(45)34(21-28)53-7/h17-18,24,26-32,34-39,45-46,48,52H,10-16,19-22H2,1-9H3/b23-18-,25-17+/t24-,26+,27+,28-,29+,30-,31+,32-,34+,35-,36-,37+,38+,39+,43+/m0/s1. The number of nitrogens with zero attached hydrogens (tertiary/aromatic N) is 1. The summed E-state index contributed by atoms with van der Waals surface area (Å²) in [4.78, 5) is 57.7. The number of carbonyl (C=O) groups is 4. The molecular weight excluding hydrogens is 738 g/mol. The molecule has 57 heavy (non-hydrogen) atoms. The molecule has 3 fully saturated rings. The average Bonchev–Trinajstić information content (AvgIpc) is 3.20. The normalized spacial score (nSPS) is 42.4. The van der Waals surface area contributed by atoms with Crippen LogP contribution in [0, 0.1) is 29.6 Å². The number of ketones is 2. The Morgan fingerprint density at radius 1 is 0.912 bits per heavy atom. The second kappa shape index (κ2) is 20.6. The number of hydrogen-bond acceptors (Lipinski definition) is 13. The van der Waals surface area contributed by atoms with Crippen LogP contribution in [0.2, 0.25) is 0 Å². The fraction of sp³-hybridized carbons (Fsp3) is 0.814. The van der Waals surface area contributed by atoms with Crippen molar-refractivity contribution in [1.82, 2.24) is 4.90 Å². The minimum atomic E-state index is -2.57. The molecule has 0 aromatic rings. The topological polar surface area (TPSA) is 199 Å². The first-order chi connectivity index (χ1) is 26.9. The van der Waals surface area contributed by atoms with Crippen molar-refractivity contribution in [3.8, 4) is 0 Å². The van der Waals surface area contributed by atoms with Crippen LogP contribution < -0.4 is 0 Å². The summed E-state index contributed by atoms with van der Waals surface area (Å²) in [5, 5.41) is 45.6. The van der Waals surface area contributed by atoms with Gasteiger partial charge in [-0.3, -0.25) is 14.4 Å². The summed E-state index contributed by atoms with van der Waals surface area (Å²) >= 11 is 0. The maximum atomic E-state index is 14.3. The molecule has 1 aliphatic carbocycles. The summed E-state index contributed by atoms with van der Waals surface area (Å²) in [6, 6.07) is -1.16. The number of amides is 1. The van der Waals surface area contributed by atoms with Gasteiger partial charge in [0.05, 0.1) is 36.6 Å². The van der Waals surface area contributed by atoms with Crippen molar-refractivity contribution in [3.63, 3.8) is 0 Å². The largest absolute Gasteiger partial charge is 0.456 e. The number of hydrogen-bond donors (Lipinski definition) is 4. The van der Waals surface area contributed by atoms with Crippen molar-refractivity contribution in [3.05, 3.63) is 23.3 Å². The molecular formula is C43H69NO13. The molecule has 0 radical (unpaired) electrons. The summed E-state index contributed by atoms with van der Waals surface area (Å²) in [5.74, 6) is -8.59. The van der Waals surface area contributed by atoms with Crippen LogP contribution in [0.15, 0.2) is 23.3 Å². The van der Waals surface area contributed by atoms with E-state index in [0.29, 0.717) is 49.7 Å². The van der Waals surface area contributed by atoms with Gasteiger partial charge in [0.1, 0.15) is 24.0 Å². The van der Waals surface area contributed by atoms with E-state index in [-0.39, 0.29) is 50.0 Å². The number of methoxy groups -OCH3 is 3. The first-order valence-electron chi connectivity index (χ1n) is 20.9. The summed E-state index contributed by atoms with van der Waals surface area (Å²) in [6.45, 7) is 10.6. The Hall–Kier alpha value is -2.56. The number of cyclic esters (lactones) is 1. The van der Waals surface area contributed by atoms with Gasteiger partial charge in [0.25, 0.3) is 11.7 Å².